The van der Waals surface area contributed by atoms with E-state index in [1.807, 2.05) is 0 Å². The number of piperazine rings is 1. The van der Waals surface area contributed by atoms with Gasteiger partial charge in [-0.1, -0.05) is 20.3 Å². The second kappa shape index (κ2) is 6.72. The van der Waals surface area contributed by atoms with Gasteiger partial charge in [0.1, 0.15) is 0 Å². The number of rotatable bonds is 7. The Labute approximate surface area is 106 Å². The summed E-state index contributed by atoms with van der Waals surface area (Å²) < 4.78 is 5.72. The molecular weight excluding hydrogens is 212 g/mol. The lowest BCUT2D eigenvalue weighted by Gasteiger charge is -2.36. The fourth-order valence-corrected chi connectivity index (χ4v) is 2.44. The molecule has 0 amide bonds. The average molecular weight is 240 g/mol. The summed E-state index contributed by atoms with van der Waals surface area (Å²) in [6.45, 7) is 11.2. The summed E-state index contributed by atoms with van der Waals surface area (Å²) in [5.74, 6) is 1.68. The summed E-state index contributed by atoms with van der Waals surface area (Å²) >= 11 is 0. The maximum atomic E-state index is 5.72. The fraction of sp³-hybridized carbons (Fsp3) is 1.00. The van der Waals surface area contributed by atoms with Gasteiger partial charge in [0.05, 0.1) is 6.61 Å². The van der Waals surface area contributed by atoms with Gasteiger partial charge < -0.3 is 10.1 Å². The molecule has 1 aliphatic heterocycles. The van der Waals surface area contributed by atoms with Gasteiger partial charge >= 0.3 is 0 Å². The van der Waals surface area contributed by atoms with Crippen molar-refractivity contribution in [3.63, 3.8) is 0 Å². The van der Waals surface area contributed by atoms with Gasteiger partial charge in [-0.2, -0.15) is 0 Å². The normalized spacial score (nSPS) is 28.2. The lowest BCUT2D eigenvalue weighted by Crippen LogP contribution is -2.53. The molecule has 2 fully saturated rings. The van der Waals surface area contributed by atoms with E-state index in [9.17, 15) is 0 Å². The van der Waals surface area contributed by atoms with Crippen LogP contribution in [-0.4, -0.2) is 50.3 Å². The molecule has 1 N–H and O–H groups in total. The predicted octanol–water partition coefficient (Wildman–Crippen LogP) is 1.73. The van der Waals surface area contributed by atoms with Crippen molar-refractivity contribution in [3.05, 3.63) is 0 Å². The largest absolute Gasteiger partial charge is 0.380 e. The van der Waals surface area contributed by atoms with E-state index in [2.05, 4.69) is 24.1 Å². The SMILES string of the molecule is CCC(C)C1CN(CCOCC2CC2)CCN1. The third-order valence-electron chi connectivity index (χ3n) is 4.22. The van der Waals surface area contributed by atoms with Crippen LogP contribution in [0.2, 0.25) is 0 Å². The Kier molecular flexibility index (Phi) is 5.26. The van der Waals surface area contributed by atoms with Crippen LogP contribution < -0.4 is 5.32 Å². The molecule has 100 valence electrons. The molecule has 1 saturated carbocycles. The van der Waals surface area contributed by atoms with Crippen molar-refractivity contribution in [2.75, 3.05) is 39.4 Å². The van der Waals surface area contributed by atoms with Gasteiger partial charge in [-0.25, -0.2) is 0 Å². The summed E-state index contributed by atoms with van der Waals surface area (Å²) in [6, 6.07) is 0.678. The Morgan fingerprint density at radius 2 is 2.24 bits per heavy atom. The highest BCUT2D eigenvalue weighted by atomic mass is 16.5. The summed E-state index contributed by atoms with van der Waals surface area (Å²) in [4.78, 5) is 2.56. The Bertz CT molecular complexity index is 218. The van der Waals surface area contributed by atoms with Crippen molar-refractivity contribution in [1.82, 2.24) is 10.2 Å². The maximum Gasteiger partial charge on any atom is 0.0593 e. The molecule has 2 aliphatic rings. The molecule has 1 saturated heterocycles. The van der Waals surface area contributed by atoms with E-state index in [0.717, 1.165) is 38.1 Å². The summed E-state index contributed by atoms with van der Waals surface area (Å²) in [5, 5.41) is 3.64. The van der Waals surface area contributed by atoms with Crippen LogP contribution in [0.1, 0.15) is 33.1 Å². The molecule has 0 aromatic rings. The number of nitrogens with one attached hydrogen (secondary N) is 1. The molecule has 0 aromatic carbocycles. The van der Waals surface area contributed by atoms with Crippen molar-refractivity contribution < 1.29 is 4.74 Å². The van der Waals surface area contributed by atoms with Crippen molar-refractivity contribution in [2.24, 2.45) is 11.8 Å². The van der Waals surface area contributed by atoms with Gasteiger partial charge in [0.25, 0.3) is 0 Å². The second-order valence-electron chi connectivity index (χ2n) is 5.77. The lowest BCUT2D eigenvalue weighted by atomic mass is 9.97. The first kappa shape index (κ1) is 13.3. The molecule has 2 unspecified atom stereocenters. The van der Waals surface area contributed by atoms with Crippen LogP contribution in [0, 0.1) is 11.8 Å². The summed E-state index contributed by atoms with van der Waals surface area (Å²) in [6.07, 6.45) is 4.05. The molecule has 2 atom stereocenters. The number of hydrogen-bond donors (Lipinski definition) is 1. The van der Waals surface area contributed by atoms with Crippen LogP contribution in [0.3, 0.4) is 0 Å². The van der Waals surface area contributed by atoms with Crippen LogP contribution in [0.15, 0.2) is 0 Å². The van der Waals surface area contributed by atoms with Gasteiger partial charge in [-0.3, -0.25) is 4.90 Å². The Balaban J connectivity index is 1.58. The molecule has 3 nitrogen and oxygen atoms in total. The molecule has 3 heteroatoms. The zero-order valence-corrected chi connectivity index (χ0v) is 11.5. The molecule has 0 spiro atoms. The van der Waals surface area contributed by atoms with Crippen LogP contribution >= 0.6 is 0 Å². The zero-order valence-electron chi connectivity index (χ0n) is 11.5. The standard InChI is InChI=1S/C14H28N2O/c1-3-12(2)14-10-16(7-6-15-14)8-9-17-11-13-4-5-13/h12-15H,3-11H2,1-2H3. The van der Waals surface area contributed by atoms with Gasteiger partial charge in [0, 0.05) is 38.8 Å². The smallest absolute Gasteiger partial charge is 0.0593 e. The van der Waals surface area contributed by atoms with Crippen LogP contribution in [0.5, 0.6) is 0 Å². The van der Waals surface area contributed by atoms with Crippen LogP contribution in [0.25, 0.3) is 0 Å². The monoisotopic (exact) mass is 240 g/mol. The van der Waals surface area contributed by atoms with Gasteiger partial charge in [0.2, 0.25) is 0 Å². The van der Waals surface area contributed by atoms with Gasteiger partial charge in [-0.05, 0) is 24.7 Å². The van der Waals surface area contributed by atoms with Crippen molar-refractivity contribution in [3.8, 4) is 0 Å². The molecule has 0 bridgehead atoms. The Morgan fingerprint density at radius 1 is 1.41 bits per heavy atom. The van der Waals surface area contributed by atoms with Crippen LogP contribution in [0.4, 0.5) is 0 Å². The highest BCUT2D eigenvalue weighted by molar-refractivity contribution is 4.81. The minimum atomic E-state index is 0.678. The van der Waals surface area contributed by atoms with Gasteiger partial charge in [0.15, 0.2) is 0 Å². The molecule has 0 aromatic heterocycles. The Morgan fingerprint density at radius 3 is 2.94 bits per heavy atom. The third kappa shape index (κ3) is 4.57. The topological polar surface area (TPSA) is 24.5 Å². The summed E-state index contributed by atoms with van der Waals surface area (Å²) in [5.41, 5.74) is 0. The first-order chi connectivity index (χ1) is 8.29. The quantitative estimate of drug-likeness (QED) is 0.686. The second-order valence-corrected chi connectivity index (χ2v) is 5.77. The molecule has 1 aliphatic carbocycles. The fourth-order valence-electron chi connectivity index (χ4n) is 2.44. The van der Waals surface area contributed by atoms with Crippen molar-refractivity contribution in [1.29, 1.82) is 0 Å². The molecule has 1 heterocycles. The van der Waals surface area contributed by atoms with E-state index in [1.54, 1.807) is 0 Å². The van der Waals surface area contributed by atoms with E-state index < -0.39 is 0 Å². The van der Waals surface area contributed by atoms with E-state index >= 15 is 0 Å². The molecule has 0 radical (unpaired) electrons. The maximum absolute atomic E-state index is 5.72. The van der Waals surface area contributed by atoms with E-state index in [0.29, 0.717) is 6.04 Å². The van der Waals surface area contributed by atoms with E-state index in [-0.39, 0.29) is 0 Å². The molecular formula is C14H28N2O. The van der Waals surface area contributed by atoms with Crippen molar-refractivity contribution in [2.45, 2.75) is 39.2 Å². The average Bonchev–Trinajstić information content (AvgIpc) is 3.18. The number of ether oxygens (including phenoxy) is 1. The predicted molar refractivity (Wildman–Crippen MR) is 71.2 cm³/mol. The van der Waals surface area contributed by atoms with Gasteiger partial charge in [-0.15, -0.1) is 0 Å². The van der Waals surface area contributed by atoms with Crippen molar-refractivity contribution >= 4 is 0 Å². The van der Waals surface area contributed by atoms with Crippen LogP contribution in [-0.2, 0) is 4.74 Å². The minimum absolute atomic E-state index is 0.678. The number of nitrogens with zero attached hydrogens (tertiary/aromatic N) is 1. The molecule has 2 rings (SSSR count). The third-order valence-corrected chi connectivity index (χ3v) is 4.22. The molecule has 17 heavy (non-hydrogen) atoms. The van der Waals surface area contributed by atoms with E-state index in [1.165, 1.54) is 32.4 Å². The van der Waals surface area contributed by atoms with E-state index in [4.69, 9.17) is 4.74 Å². The summed E-state index contributed by atoms with van der Waals surface area (Å²) in [7, 11) is 0. The minimum Gasteiger partial charge on any atom is -0.380 e. The highest BCUT2D eigenvalue weighted by Crippen LogP contribution is 2.28. The first-order valence-corrected chi connectivity index (χ1v) is 7.33. The lowest BCUT2D eigenvalue weighted by molar-refractivity contribution is 0.0801. The number of hydrogen-bond acceptors (Lipinski definition) is 3. The Hall–Kier alpha value is -0.120. The first-order valence-electron chi connectivity index (χ1n) is 7.33. The highest BCUT2D eigenvalue weighted by Gasteiger charge is 2.23. The zero-order chi connectivity index (χ0) is 12.1.